The molecule has 0 saturated heterocycles. The number of carbonyl (C=O) groups is 3. The molecule has 0 aliphatic heterocycles. The van der Waals surface area contributed by atoms with Gasteiger partial charge in [-0.15, -0.1) is 0 Å². The lowest BCUT2D eigenvalue weighted by atomic mass is 10.1. The fourth-order valence-electron chi connectivity index (χ4n) is 3.21. The molecule has 0 unspecified atom stereocenters. The quantitative estimate of drug-likeness (QED) is 0.335. The van der Waals surface area contributed by atoms with Gasteiger partial charge in [-0.25, -0.2) is 13.2 Å². The van der Waals surface area contributed by atoms with E-state index in [4.69, 9.17) is 9.47 Å². The van der Waals surface area contributed by atoms with Crippen LogP contribution in [0.5, 0.6) is 0 Å². The second-order valence-corrected chi connectivity index (χ2v) is 9.32. The maximum atomic E-state index is 12.7. The zero-order chi connectivity index (χ0) is 24.3. The molecular weight excluding hydrogens is 472 g/mol. The van der Waals surface area contributed by atoms with Crippen LogP contribution in [-0.4, -0.2) is 59.1 Å². The lowest BCUT2D eigenvalue weighted by molar-refractivity contribution is -0.144. The van der Waals surface area contributed by atoms with Crippen LogP contribution < -0.4 is 4.72 Å². The lowest BCUT2D eigenvalue weighted by Gasteiger charge is -2.13. The molecule has 3 aromatic rings. The Hall–Kier alpha value is -3.16. The van der Waals surface area contributed by atoms with Crippen LogP contribution in [0.1, 0.15) is 46.0 Å². The van der Waals surface area contributed by atoms with Gasteiger partial charge in [0.25, 0.3) is 0 Å². The van der Waals surface area contributed by atoms with E-state index < -0.39 is 40.4 Å². The van der Waals surface area contributed by atoms with Crippen molar-refractivity contribution in [3.05, 3.63) is 40.7 Å². The number of fused-ring (bicyclic) bond motifs is 1. The van der Waals surface area contributed by atoms with Crippen LogP contribution in [0.3, 0.4) is 0 Å². The zero-order valence-electron chi connectivity index (χ0n) is 18.3. The summed E-state index contributed by atoms with van der Waals surface area (Å²) in [7, 11) is -4.10. The number of Topliss-reactive ketones (excluding diaryl/α,β-unsaturated/α-hetero) is 1. The van der Waals surface area contributed by atoms with Gasteiger partial charge in [-0.05, 0) is 45.4 Å². The fourth-order valence-corrected chi connectivity index (χ4v) is 5.17. The molecule has 176 valence electrons. The number of nitrogens with zero attached hydrogens (tertiary/aromatic N) is 2. The second-order valence-electron chi connectivity index (χ2n) is 7.11. The zero-order valence-corrected chi connectivity index (χ0v) is 19.9. The third-order valence-corrected chi connectivity index (χ3v) is 6.88. The Bertz CT molecular complexity index is 1330. The first-order valence-electron chi connectivity index (χ1n) is 9.86. The number of aryl methyl sites for hydroxylation is 1. The molecule has 0 amide bonds. The molecule has 1 aromatic carbocycles. The molecule has 0 bridgehead atoms. The predicted molar refractivity (Wildman–Crippen MR) is 119 cm³/mol. The number of ether oxygens (including phenoxy) is 2. The highest BCUT2D eigenvalue weighted by Crippen LogP contribution is 2.22. The van der Waals surface area contributed by atoms with Crippen molar-refractivity contribution >= 4 is 50.5 Å². The van der Waals surface area contributed by atoms with Gasteiger partial charge in [0.15, 0.2) is 6.61 Å². The average molecular weight is 495 g/mol. The third-order valence-electron chi connectivity index (χ3n) is 4.77. The molecule has 0 radical (unpaired) electrons. The van der Waals surface area contributed by atoms with Gasteiger partial charge < -0.3 is 14.5 Å². The van der Waals surface area contributed by atoms with Crippen molar-refractivity contribution in [2.45, 2.75) is 38.6 Å². The predicted octanol–water partition coefficient (Wildman–Crippen LogP) is 1.91. The first-order valence-corrected chi connectivity index (χ1v) is 12.1. The molecule has 2 aromatic heterocycles. The molecule has 0 fully saturated rings. The standard InChI is InChI=1S/C20H22N4O7S2/c1-5-30-20(27)16-10(2)17(21-11(16)3)14(25)9-31-19(26)12(4)24-33(28,29)15-8-6-7-13-18(15)23-32-22-13/h6-8,12,21,24H,5,9H2,1-4H3/t12-/m1/s1. The van der Waals surface area contributed by atoms with Gasteiger partial charge in [-0.1, -0.05) is 6.07 Å². The highest BCUT2D eigenvalue weighted by Gasteiger charge is 2.27. The van der Waals surface area contributed by atoms with Crippen molar-refractivity contribution < 1.29 is 32.3 Å². The van der Waals surface area contributed by atoms with E-state index >= 15 is 0 Å². The summed E-state index contributed by atoms with van der Waals surface area (Å²) in [6.45, 7) is 5.72. The van der Waals surface area contributed by atoms with Crippen LogP contribution in [0.2, 0.25) is 0 Å². The van der Waals surface area contributed by atoms with Crippen LogP contribution in [0.25, 0.3) is 11.0 Å². The molecule has 0 spiro atoms. The number of benzene rings is 1. The largest absolute Gasteiger partial charge is 0.462 e. The normalized spacial score (nSPS) is 12.5. The Morgan fingerprint density at radius 2 is 1.91 bits per heavy atom. The molecular formula is C20H22N4O7S2. The van der Waals surface area contributed by atoms with E-state index in [1.54, 1.807) is 26.8 Å². The number of sulfonamides is 1. The van der Waals surface area contributed by atoms with Crippen LogP contribution in [0, 0.1) is 13.8 Å². The van der Waals surface area contributed by atoms with Crippen LogP contribution in [0.15, 0.2) is 23.1 Å². The van der Waals surface area contributed by atoms with E-state index in [-0.39, 0.29) is 28.3 Å². The molecule has 0 aliphatic rings. The summed E-state index contributed by atoms with van der Waals surface area (Å²) in [5.41, 5.74) is 1.80. The number of ketones is 1. The van der Waals surface area contributed by atoms with Crippen molar-refractivity contribution in [1.29, 1.82) is 0 Å². The lowest BCUT2D eigenvalue weighted by Crippen LogP contribution is -2.40. The number of esters is 2. The Balaban J connectivity index is 1.66. The maximum Gasteiger partial charge on any atom is 0.340 e. The summed E-state index contributed by atoms with van der Waals surface area (Å²) in [5, 5.41) is 0. The number of aromatic amines is 1. The minimum absolute atomic E-state index is 0.110. The number of H-pyrrole nitrogens is 1. The van der Waals surface area contributed by atoms with Gasteiger partial charge in [0.05, 0.1) is 29.6 Å². The van der Waals surface area contributed by atoms with E-state index in [1.807, 2.05) is 0 Å². The summed E-state index contributed by atoms with van der Waals surface area (Å²) in [4.78, 5) is 39.7. The van der Waals surface area contributed by atoms with E-state index in [1.165, 1.54) is 19.1 Å². The highest BCUT2D eigenvalue weighted by molar-refractivity contribution is 7.89. The number of rotatable bonds is 9. The number of hydrogen-bond acceptors (Lipinski definition) is 10. The number of hydrogen-bond donors (Lipinski definition) is 2. The SMILES string of the molecule is CCOC(=O)c1c(C)[nH]c(C(=O)COC(=O)[C@@H](C)NS(=O)(=O)c2cccc3nsnc23)c1C. The minimum atomic E-state index is -4.10. The number of carbonyl (C=O) groups excluding carboxylic acids is 3. The second kappa shape index (κ2) is 9.77. The molecule has 2 heterocycles. The monoisotopic (exact) mass is 494 g/mol. The molecule has 0 aliphatic carbocycles. The van der Waals surface area contributed by atoms with Crippen molar-refractivity contribution in [1.82, 2.24) is 18.5 Å². The summed E-state index contributed by atoms with van der Waals surface area (Å²) in [5.74, 6) is -2.08. The molecule has 13 heteroatoms. The summed E-state index contributed by atoms with van der Waals surface area (Å²) >= 11 is 0.872. The van der Waals surface area contributed by atoms with Crippen molar-refractivity contribution in [2.75, 3.05) is 13.2 Å². The van der Waals surface area contributed by atoms with Crippen molar-refractivity contribution in [3.63, 3.8) is 0 Å². The number of nitrogens with one attached hydrogen (secondary N) is 2. The fraction of sp³-hybridized carbons (Fsp3) is 0.350. The summed E-state index contributed by atoms with van der Waals surface area (Å²) in [6, 6.07) is 3.22. The van der Waals surface area contributed by atoms with Crippen molar-refractivity contribution in [2.24, 2.45) is 0 Å². The Morgan fingerprint density at radius 3 is 2.61 bits per heavy atom. The van der Waals surface area contributed by atoms with Crippen LogP contribution >= 0.6 is 11.7 Å². The smallest absolute Gasteiger partial charge is 0.340 e. The van der Waals surface area contributed by atoms with Gasteiger partial charge >= 0.3 is 11.9 Å². The third kappa shape index (κ3) is 5.10. The minimum Gasteiger partial charge on any atom is -0.462 e. The molecule has 2 N–H and O–H groups in total. The average Bonchev–Trinajstić information content (AvgIpc) is 3.35. The van der Waals surface area contributed by atoms with Crippen molar-refractivity contribution in [3.8, 4) is 0 Å². The number of aromatic nitrogens is 3. The molecule has 33 heavy (non-hydrogen) atoms. The molecule has 11 nitrogen and oxygen atoms in total. The van der Waals surface area contributed by atoms with Gasteiger partial charge in [0, 0.05) is 5.69 Å². The van der Waals surface area contributed by atoms with Gasteiger partial charge in [-0.3, -0.25) is 9.59 Å². The molecule has 1 atom stereocenters. The first-order chi connectivity index (χ1) is 15.6. The van der Waals surface area contributed by atoms with E-state index in [9.17, 15) is 22.8 Å². The van der Waals surface area contributed by atoms with Crippen LogP contribution in [0.4, 0.5) is 0 Å². The molecule has 3 rings (SSSR count). The summed E-state index contributed by atoms with van der Waals surface area (Å²) in [6.07, 6.45) is 0. The van der Waals surface area contributed by atoms with Gasteiger partial charge in [0.2, 0.25) is 15.8 Å². The van der Waals surface area contributed by atoms with E-state index in [2.05, 4.69) is 18.5 Å². The Labute approximate surface area is 193 Å². The summed E-state index contributed by atoms with van der Waals surface area (Å²) < 4.78 is 45.7. The highest BCUT2D eigenvalue weighted by atomic mass is 32.2. The van der Waals surface area contributed by atoms with Gasteiger partial charge in [-0.2, -0.15) is 13.5 Å². The Morgan fingerprint density at radius 1 is 1.18 bits per heavy atom. The van der Waals surface area contributed by atoms with E-state index in [0.29, 0.717) is 16.8 Å². The topological polar surface area (TPSA) is 157 Å². The Kier molecular flexibility index (Phi) is 7.25. The molecule has 0 saturated carbocycles. The van der Waals surface area contributed by atoms with E-state index in [0.717, 1.165) is 11.7 Å². The van der Waals surface area contributed by atoms with Gasteiger partial charge in [0.1, 0.15) is 22.0 Å². The first kappa shape index (κ1) is 24.5. The van der Waals surface area contributed by atoms with Crippen LogP contribution in [-0.2, 0) is 24.3 Å². The maximum absolute atomic E-state index is 12.7.